The van der Waals surface area contributed by atoms with E-state index in [2.05, 4.69) is 30.2 Å². The molecule has 1 fully saturated rings. The normalized spacial score (nSPS) is 15.3. The van der Waals surface area contributed by atoms with E-state index in [1.807, 2.05) is 25.5 Å². The van der Waals surface area contributed by atoms with Crippen LogP contribution < -0.4 is 10.5 Å². The molecular weight excluding hydrogens is 370 g/mol. The molecule has 0 radical (unpaired) electrons. The summed E-state index contributed by atoms with van der Waals surface area (Å²) >= 11 is 0. The van der Waals surface area contributed by atoms with Gasteiger partial charge in [-0.3, -0.25) is 9.48 Å². The van der Waals surface area contributed by atoms with Crippen molar-refractivity contribution in [3.05, 3.63) is 53.5 Å². The molecule has 5 heterocycles. The van der Waals surface area contributed by atoms with Crippen LogP contribution in [0, 0.1) is 5.92 Å². The first-order valence-corrected chi connectivity index (χ1v) is 9.65. The molecule has 1 aliphatic rings. The molecule has 10 heteroatoms. The monoisotopic (exact) mass is 391 g/mol. The molecule has 0 bridgehead atoms. The van der Waals surface area contributed by atoms with E-state index in [0.717, 1.165) is 42.8 Å². The molecule has 0 amide bonds. The Balaban J connectivity index is 1.30. The Morgan fingerprint density at radius 1 is 1.14 bits per heavy atom. The Morgan fingerprint density at radius 2 is 2.00 bits per heavy atom. The highest BCUT2D eigenvalue weighted by molar-refractivity contribution is 5.86. The topological polar surface area (TPSA) is 99.6 Å². The van der Waals surface area contributed by atoms with Gasteiger partial charge in [0.05, 0.1) is 11.6 Å². The van der Waals surface area contributed by atoms with Gasteiger partial charge in [0, 0.05) is 45.1 Å². The highest BCUT2D eigenvalue weighted by Gasteiger charge is 2.23. The zero-order chi connectivity index (χ0) is 19.8. The van der Waals surface area contributed by atoms with Gasteiger partial charge in [0.25, 0.3) is 5.56 Å². The van der Waals surface area contributed by atoms with Crippen molar-refractivity contribution < 1.29 is 0 Å². The van der Waals surface area contributed by atoms with E-state index in [4.69, 9.17) is 0 Å². The van der Waals surface area contributed by atoms with Crippen LogP contribution in [0.3, 0.4) is 0 Å². The number of anilines is 1. The number of rotatable bonds is 4. The largest absolute Gasteiger partial charge is 0.356 e. The second-order valence-corrected chi connectivity index (χ2v) is 7.30. The summed E-state index contributed by atoms with van der Waals surface area (Å²) in [6, 6.07) is 5.08. The first-order valence-electron chi connectivity index (χ1n) is 9.65. The van der Waals surface area contributed by atoms with Crippen LogP contribution in [0.2, 0.25) is 0 Å². The standard InChI is InChI=1S/C19H21N9O/c1-25-18-15(11-23-25)19(21-13-20-18)26-9-5-14(6-10-26)12-28-17(29)4-3-16(24-28)27-8-2-7-22-27/h2-4,7-8,11,13-14H,5-6,9-10,12H2,1H3. The first kappa shape index (κ1) is 17.5. The summed E-state index contributed by atoms with van der Waals surface area (Å²) in [5, 5.41) is 13.9. The molecule has 10 nitrogen and oxygen atoms in total. The zero-order valence-electron chi connectivity index (χ0n) is 16.1. The number of fused-ring (bicyclic) bond motifs is 1. The molecular formula is C19H21N9O. The molecule has 0 aliphatic carbocycles. The minimum absolute atomic E-state index is 0.0868. The number of aryl methyl sites for hydroxylation is 1. The second kappa shape index (κ2) is 7.12. The molecule has 29 heavy (non-hydrogen) atoms. The van der Waals surface area contributed by atoms with Gasteiger partial charge in [0.1, 0.15) is 12.1 Å². The van der Waals surface area contributed by atoms with Crippen LogP contribution in [0.25, 0.3) is 16.9 Å². The molecule has 0 aromatic carbocycles. The van der Waals surface area contributed by atoms with E-state index in [9.17, 15) is 4.79 Å². The molecule has 4 aromatic heterocycles. The van der Waals surface area contributed by atoms with E-state index >= 15 is 0 Å². The third kappa shape index (κ3) is 3.26. The minimum Gasteiger partial charge on any atom is -0.356 e. The Kier molecular flexibility index (Phi) is 4.30. The van der Waals surface area contributed by atoms with Gasteiger partial charge in [-0.15, -0.1) is 5.10 Å². The lowest BCUT2D eigenvalue weighted by Crippen LogP contribution is -2.37. The van der Waals surface area contributed by atoms with Gasteiger partial charge >= 0.3 is 0 Å². The third-order valence-corrected chi connectivity index (χ3v) is 5.45. The lowest BCUT2D eigenvalue weighted by molar-refractivity contribution is 0.334. The van der Waals surface area contributed by atoms with Crippen molar-refractivity contribution in [1.82, 2.24) is 39.3 Å². The van der Waals surface area contributed by atoms with Gasteiger partial charge in [-0.05, 0) is 30.9 Å². The fourth-order valence-corrected chi connectivity index (χ4v) is 3.87. The van der Waals surface area contributed by atoms with Crippen LogP contribution in [-0.2, 0) is 13.6 Å². The maximum Gasteiger partial charge on any atom is 0.266 e. The van der Waals surface area contributed by atoms with Crippen molar-refractivity contribution in [2.75, 3.05) is 18.0 Å². The molecule has 0 spiro atoms. The van der Waals surface area contributed by atoms with Crippen LogP contribution in [0.5, 0.6) is 0 Å². The van der Waals surface area contributed by atoms with Crippen molar-refractivity contribution >= 4 is 16.9 Å². The summed E-state index contributed by atoms with van der Waals surface area (Å²) in [5.74, 6) is 1.96. The average Bonchev–Trinajstić information content (AvgIpc) is 3.41. The quantitative estimate of drug-likeness (QED) is 0.512. The predicted molar refractivity (Wildman–Crippen MR) is 107 cm³/mol. The van der Waals surface area contributed by atoms with Crippen LogP contribution in [0.4, 0.5) is 5.82 Å². The highest BCUT2D eigenvalue weighted by atomic mass is 16.1. The van der Waals surface area contributed by atoms with Crippen LogP contribution >= 0.6 is 0 Å². The van der Waals surface area contributed by atoms with Crippen molar-refractivity contribution in [2.45, 2.75) is 19.4 Å². The number of hydrogen-bond donors (Lipinski definition) is 0. The number of nitrogens with zero attached hydrogens (tertiary/aromatic N) is 9. The maximum absolute atomic E-state index is 12.3. The summed E-state index contributed by atoms with van der Waals surface area (Å²) in [6.45, 7) is 2.35. The van der Waals surface area contributed by atoms with Crippen molar-refractivity contribution in [3.63, 3.8) is 0 Å². The molecule has 0 atom stereocenters. The van der Waals surface area contributed by atoms with E-state index in [1.54, 1.807) is 38.7 Å². The van der Waals surface area contributed by atoms with Crippen LogP contribution in [0.15, 0.2) is 47.9 Å². The van der Waals surface area contributed by atoms with E-state index in [0.29, 0.717) is 18.3 Å². The Hall–Kier alpha value is -3.56. The van der Waals surface area contributed by atoms with Crippen molar-refractivity contribution in [3.8, 4) is 5.82 Å². The zero-order valence-corrected chi connectivity index (χ0v) is 16.1. The number of piperidine rings is 1. The molecule has 1 aliphatic heterocycles. The minimum atomic E-state index is -0.0868. The molecule has 148 valence electrons. The second-order valence-electron chi connectivity index (χ2n) is 7.30. The molecule has 5 rings (SSSR count). The predicted octanol–water partition coefficient (Wildman–Crippen LogP) is 1.02. The summed E-state index contributed by atoms with van der Waals surface area (Å²) in [7, 11) is 1.88. The first-order chi connectivity index (χ1) is 14.2. The van der Waals surface area contributed by atoms with E-state index in [1.165, 1.54) is 0 Å². The maximum atomic E-state index is 12.3. The van der Waals surface area contributed by atoms with Crippen molar-refractivity contribution in [1.29, 1.82) is 0 Å². The summed E-state index contributed by atoms with van der Waals surface area (Å²) < 4.78 is 4.98. The molecule has 1 saturated heterocycles. The highest BCUT2D eigenvalue weighted by Crippen LogP contribution is 2.27. The summed E-state index contributed by atoms with van der Waals surface area (Å²) in [4.78, 5) is 23.4. The van der Waals surface area contributed by atoms with Gasteiger partial charge in [-0.25, -0.2) is 19.3 Å². The summed E-state index contributed by atoms with van der Waals surface area (Å²) in [6.07, 6.45) is 8.85. The van der Waals surface area contributed by atoms with Gasteiger partial charge in [-0.2, -0.15) is 10.2 Å². The fraction of sp³-hybridized carbons (Fsp3) is 0.368. The average molecular weight is 391 g/mol. The molecule has 0 saturated carbocycles. The van der Waals surface area contributed by atoms with Gasteiger partial charge in [-0.1, -0.05) is 0 Å². The molecule has 4 aromatic rings. The number of hydrogen-bond acceptors (Lipinski definition) is 7. The van der Waals surface area contributed by atoms with Gasteiger partial charge in [0.2, 0.25) is 0 Å². The SMILES string of the molecule is Cn1ncc2c(N3CCC(Cn4nc(-n5cccn5)ccc4=O)CC3)ncnc21. The van der Waals surface area contributed by atoms with Gasteiger partial charge in [0.15, 0.2) is 11.5 Å². The van der Waals surface area contributed by atoms with Crippen LogP contribution in [0.1, 0.15) is 12.8 Å². The number of aromatic nitrogens is 8. The summed E-state index contributed by atoms with van der Waals surface area (Å²) in [5.41, 5.74) is 0.750. The fourth-order valence-electron chi connectivity index (χ4n) is 3.87. The molecule has 0 N–H and O–H groups in total. The van der Waals surface area contributed by atoms with Crippen molar-refractivity contribution in [2.24, 2.45) is 13.0 Å². The lowest BCUT2D eigenvalue weighted by Gasteiger charge is -2.33. The Morgan fingerprint density at radius 3 is 2.79 bits per heavy atom. The Labute approximate surface area is 166 Å². The van der Waals surface area contributed by atoms with E-state index < -0.39 is 0 Å². The molecule has 0 unspecified atom stereocenters. The third-order valence-electron chi connectivity index (χ3n) is 5.45. The smallest absolute Gasteiger partial charge is 0.266 e. The van der Waals surface area contributed by atoms with Gasteiger partial charge < -0.3 is 4.90 Å². The Bertz CT molecular complexity index is 1190. The lowest BCUT2D eigenvalue weighted by atomic mass is 9.96. The van der Waals surface area contributed by atoms with E-state index in [-0.39, 0.29) is 5.56 Å². The van der Waals surface area contributed by atoms with Crippen LogP contribution in [-0.4, -0.2) is 52.4 Å².